The summed E-state index contributed by atoms with van der Waals surface area (Å²) < 4.78 is 27.3. The summed E-state index contributed by atoms with van der Waals surface area (Å²) in [7, 11) is 2.08. The number of nitrogens with zero attached hydrogens (tertiary/aromatic N) is 1. The Kier molecular flexibility index (Phi) is 7.83. The first-order chi connectivity index (χ1) is 9.99. The molecule has 1 aromatic rings. The molecule has 120 valence electrons. The quantitative estimate of drug-likeness (QED) is 0.742. The number of hydrogen-bond acceptors (Lipinski definition) is 2. The summed E-state index contributed by atoms with van der Waals surface area (Å²) in [5, 5.41) is 3.26. The van der Waals surface area contributed by atoms with Gasteiger partial charge in [-0.2, -0.15) is 0 Å². The van der Waals surface area contributed by atoms with Crippen LogP contribution in [0.15, 0.2) is 18.2 Å². The molecule has 0 aliphatic rings. The highest BCUT2D eigenvalue weighted by atomic mass is 19.2. The number of nitrogens with one attached hydrogen (secondary N) is 1. The van der Waals surface area contributed by atoms with Gasteiger partial charge in [-0.25, -0.2) is 8.78 Å². The van der Waals surface area contributed by atoms with Gasteiger partial charge in [-0.15, -0.1) is 0 Å². The van der Waals surface area contributed by atoms with Crippen molar-refractivity contribution in [2.24, 2.45) is 5.92 Å². The van der Waals surface area contributed by atoms with Crippen LogP contribution in [0.5, 0.6) is 0 Å². The van der Waals surface area contributed by atoms with Crippen molar-refractivity contribution in [1.29, 1.82) is 0 Å². The molecule has 1 N–H and O–H groups in total. The maximum atomic E-state index is 13.9. The van der Waals surface area contributed by atoms with Crippen LogP contribution in [0.4, 0.5) is 8.78 Å². The second kappa shape index (κ2) is 9.11. The van der Waals surface area contributed by atoms with Gasteiger partial charge in [0.25, 0.3) is 0 Å². The minimum absolute atomic E-state index is 0.148. The second-order valence-corrected chi connectivity index (χ2v) is 5.82. The minimum atomic E-state index is -0.775. The Hall–Kier alpha value is -1.00. The van der Waals surface area contributed by atoms with Gasteiger partial charge >= 0.3 is 0 Å². The molecule has 2 nitrogen and oxygen atoms in total. The monoisotopic (exact) mass is 298 g/mol. The summed E-state index contributed by atoms with van der Waals surface area (Å²) in [5.74, 6) is -0.852. The maximum absolute atomic E-state index is 13.9. The van der Waals surface area contributed by atoms with E-state index in [2.05, 4.69) is 31.1 Å². The molecule has 0 fully saturated rings. The lowest BCUT2D eigenvalue weighted by Crippen LogP contribution is -2.30. The van der Waals surface area contributed by atoms with Crippen molar-refractivity contribution in [2.75, 3.05) is 26.7 Å². The molecule has 4 heteroatoms. The van der Waals surface area contributed by atoms with Gasteiger partial charge in [0.1, 0.15) is 0 Å². The minimum Gasteiger partial charge on any atom is -0.310 e. The highest BCUT2D eigenvalue weighted by Crippen LogP contribution is 2.22. The van der Waals surface area contributed by atoms with Gasteiger partial charge < -0.3 is 10.2 Å². The third kappa shape index (κ3) is 5.71. The Morgan fingerprint density at radius 1 is 1.24 bits per heavy atom. The van der Waals surface area contributed by atoms with E-state index in [1.165, 1.54) is 0 Å². The van der Waals surface area contributed by atoms with Crippen molar-refractivity contribution < 1.29 is 8.78 Å². The summed E-state index contributed by atoms with van der Waals surface area (Å²) in [6, 6.07) is 4.25. The molecule has 1 rings (SSSR count). The third-order valence-corrected chi connectivity index (χ3v) is 3.93. The smallest absolute Gasteiger partial charge is 0.163 e. The van der Waals surface area contributed by atoms with Gasteiger partial charge in [0.05, 0.1) is 0 Å². The topological polar surface area (TPSA) is 15.3 Å². The average molecular weight is 298 g/mol. The lowest BCUT2D eigenvalue weighted by molar-refractivity contribution is 0.265. The molecule has 21 heavy (non-hydrogen) atoms. The molecule has 0 saturated heterocycles. The summed E-state index contributed by atoms with van der Waals surface area (Å²) in [4.78, 5) is 2.26. The van der Waals surface area contributed by atoms with Crippen LogP contribution in [0, 0.1) is 17.6 Å². The van der Waals surface area contributed by atoms with Crippen molar-refractivity contribution in [3.63, 3.8) is 0 Å². The molecule has 1 aromatic carbocycles. The van der Waals surface area contributed by atoms with E-state index < -0.39 is 11.6 Å². The molecule has 2 atom stereocenters. The Balaban J connectivity index is 2.67. The fourth-order valence-electron chi connectivity index (χ4n) is 2.51. The Labute approximate surface area is 127 Å². The van der Waals surface area contributed by atoms with E-state index in [1.54, 1.807) is 12.1 Å². The van der Waals surface area contributed by atoms with Gasteiger partial charge in [-0.1, -0.05) is 39.3 Å². The Bertz CT molecular complexity index is 423. The molecule has 0 aromatic heterocycles. The predicted octanol–water partition coefficient (Wildman–Crippen LogP) is 3.98. The zero-order chi connectivity index (χ0) is 15.8. The average Bonchev–Trinajstić information content (AvgIpc) is 2.46. The van der Waals surface area contributed by atoms with Crippen molar-refractivity contribution in [3.8, 4) is 0 Å². The molecule has 0 radical (unpaired) electrons. The van der Waals surface area contributed by atoms with Crippen LogP contribution >= 0.6 is 0 Å². The van der Waals surface area contributed by atoms with Crippen LogP contribution in [0.2, 0.25) is 0 Å². The van der Waals surface area contributed by atoms with Gasteiger partial charge in [-0.3, -0.25) is 0 Å². The number of rotatable bonds is 9. The highest BCUT2D eigenvalue weighted by molar-refractivity contribution is 5.22. The van der Waals surface area contributed by atoms with Gasteiger partial charge in [0.15, 0.2) is 11.6 Å². The molecule has 0 aliphatic heterocycles. The van der Waals surface area contributed by atoms with E-state index in [0.29, 0.717) is 11.5 Å². The van der Waals surface area contributed by atoms with E-state index in [-0.39, 0.29) is 6.04 Å². The first-order valence-electron chi connectivity index (χ1n) is 7.85. The van der Waals surface area contributed by atoms with Crippen LogP contribution in [0.25, 0.3) is 0 Å². The first kappa shape index (κ1) is 18.1. The molecular formula is C17H28F2N2. The number of benzene rings is 1. The maximum Gasteiger partial charge on any atom is 0.163 e. The molecule has 0 saturated carbocycles. The van der Waals surface area contributed by atoms with Crippen molar-refractivity contribution in [1.82, 2.24) is 10.2 Å². The van der Waals surface area contributed by atoms with E-state index in [1.807, 2.05) is 6.92 Å². The lowest BCUT2D eigenvalue weighted by atomic mass is 10.0. The molecule has 0 bridgehead atoms. The summed E-state index contributed by atoms with van der Waals surface area (Å²) in [6.45, 7) is 9.01. The molecule has 0 aliphatic carbocycles. The van der Waals surface area contributed by atoms with Crippen LogP contribution in [0.3, 0.4) is 0 Å². The largest absolute Gasteiger partial charge is 0.310 e. The highest BCUT2D eigenvalue weighted by Gasteiger charge is 2.18. The molecule has 0 amide bonds. The van der Waals surface area contributed by atoms with Crippen LogP contribution < -0.4 is 5.32 Å². The third-order valence-electron chi connectivity index (χ3n) is 3.93. The second-order valence-electron chi connectivity index (χ2n) is 5.82. The summed E-state index contributed by atoms with van der Waals surface area (Å²) in [6.07, 6.45) is 1.92. The number of hydrogen-bond donors (Lipinski definition) is 1. The zero-order valence-electron chi connectivity index (χ0n) is 13.6. The van der Waals surface area contributed by atoms with E-state index in [4.69, 9.17) is 0 Å². The van der Waals surface area contributed by atoms with Crippen molar-refractivity contribution >= 4 is 0 Å². The zero-order valence-corrected chi connectivity index (χ0v) is 13.6. The molecule has 0 heterocycles. The van der Waals surface area contributed by atoms with Gasteiger partial charge in [0.2, 0.25) is 0 Å². The fourth-order valence-corrected chi connectivity index (χ4v) is 2.51. The lowest BCUT2D eigenvalue weighted by Gasteiger charge is -2.24. The van der Waals surface area contributed by atoms with Gasteiger partial charge in [-0.05, 0) is 38.5 Å². The fraction of sp³-hybridized carbons (Fsp3) is 0.647. The van der Waals surface area contributed by atoms with Gasteiger partial charge in [0, 0.05) is 18.2 Å². The Morgan fingerprint density at radius 2 is 1.95 bits per heavy atom. The number of halogens is 2. The van der Waals surface area contributed by atoms with Crippen molar-refractivity contribution in [2.45, 2.75) is 39.7 Å². The van der Waals surface area contributed by atoms with E-state index in [9.17, 15) is 8.78 Å². The standard InChI is InChI=1S/C17H28F2N2/c1-5-13(3)12-21(4)11-10-16(20-6-2)14-8-7-9-15(18)17(14)19/h7-9,13,16,20H,5-6,10-12H2,1-4H3. The molecule has 2 unspecified atom stereocenters. The van der Waals surface area contributed by atoms with Crippen LogP contribution in [0.1, 0.15) is 45.2 Å². The summed E-state index contributed by atoms with van der Waals surface area (Å²) >= 11 is 0. The van der Waals surface area contributed by atoms with E-state index in [0.717, 1.165) is 38.5 Å². The molecule has 0 spiro atoms. The Morgan fingerprint density at radius 3 is 2.57 bits per heavy atom. The first-order valence-corrected chi connectivity index (χ1v) is 7.85. The SMILES string of the molecule is CCNC(CCN(C)CC(C)CC)c1cccc(F)c1F. The van der Waals surface area contributed by atoms with Crippen LogP contribution in [-0.2, 0) is 0 Å². The normalized spacial score (nSPS) is 14.4. The predicted molar refractivity (Wildman–Crippen MR) is 84.3 cm³/mol. The molecular weight excluding hydrogens is 270 g/mol. The van der Waals surface area contributed by atoms with Crippen LogP contribution in [-0.4, -0.2) is 31.6 Å². The van der Waals surface area contributed by atoms with Crippen molar-refractivity contribution in [3.05, 3.63) is 35.4 Å². The summed E-state index contributed by atoms with van der Waals surface area (Å²) in [5.41, 5.74) is 0.425. The van der Waals surface area contributed by atoms with E-state index >= 15 is 0 Å².